The van der Waals surface area contributed by atoms with Gasteiger partial charge in [0.05, 0.1) is 6.04 Å². The minimum Gasteiger partial charge on any atom is -0.384 e. The van der Waals surface area contributed by atoms with Crippen molar-refractivity contribution in [3.05, 3.63) is 33.8 Å². The van der Waals surface area contributed by atoms with Gasteiger partial charge in [0.25, 0.3) is 0 Å². The zero-order chi connectivity index (χ0) is 15.2. The third-order valence-electron chi connectivity index (χ3n) is 3.56. The zero-order valence-corrected chi connectivity index (χ0v) is 12.0. The number of alkyl halides is 3. The van der Waals surface area contributed by atoms with E-state index in [-0.39, 0.29) is 17.7 Å². The number of nitrogens with zero attached hydrogens (tertiary/aromatic N) is 3. The molecule has 112 valence electrons. The fraction of sp³-hybridized carbons (Fsp3) is 0.385. The van der Waals surface area contributed by atoms with Gasteiger partial charge in [-0.25, -0.2) is 9.97 Å². The third-order valence-corrected chi connectivity index (χ3v) is 4.55. The quantitative estimate of drug-likeness (QED) is 0.878. The van der Waals surface area contributed by atoms with Crippen LogP contribution in [0.4, 0.5) is 24.8 Å². The molecule has 3 rings (SSSR count). The molecule has 8 heteroatoms. The van der Waals surface area contributed by atoms with Gasteiger partial charge in [0.15, 0.2) is 0 Å². The summed E-state index contributed by atoms with van der Waals surface area (Å²) in [4.78, 5) is 10.0. The first-order valence-electron chi connectivity index (χ1n) is 6.41. The van der Waals surface area contributed by atoms with E-state index in [1.54, 1.807) is 11.3 Å². The molecule has 2 aromatic heterocycles. The molecule has 1 aliphatic heterocycles. The summed E-state index contributed by atoms with van der Waals surface area (Å²) in [7, 11) is 0. The highest BCUT2D eigenvalue weighted by atomic mass is 32.1. The Labute approximate surface area is 123 Å². The largest absolute Gasteiger partial charge is 0.451 e. The van der Waals surface area contributed by atoms with Crippen LogP contribution in [-0.2, 0) is 12.6 Å². The Bertz CT molecular complexity index is 668. The number of halogens is 3. The first kappa shape index (κ1) is 14.1. The average molecular weight is 314 g/mol. The summed E-state index contributed by atoms with van der Waals surface area (Å²) < 4.78 is 38.4. The molecule has 0 spiro atoms. The van der Waals surface area contributed by atoms with Gasteiger partial charge < -0.3 is 10.6 Å². The SMILES string of the molecule is CC1c2ccsc2CCN1c1cc(N)nc(C(F)(F)F)n1. The minimum absolute atomic E-state index is 0.0321. The molecule has 0 radical (unpaired) electrons. The Balaban J connectivity index is 2.00. The monoisotopic (exact) mass is 314 g/mol. The van der Waals surface area contributed by atoms with E-state index in [0.717, 1.165) is 12.0 Å². The Morgan fingerprint density at radius 2 is 2.14 bits per heavy atom. The van der Waals surface area contributed by atoms with Gasteiger partial charge in [0.2, 0.25) is 5.82 Å². The van der Waals surface area contributed by atoms with Gasteiger partial charge >= 0.3 is 6.18 Å². The molecule has 1 aliphatic rings. The Hall–Kier alpha value is -1.83. The molecule has 0 saturated carbocycles. The number of thiophene rings is 1. The van der Waals surface area contributed by atoms with E-state index in [9.17, 15) is 13.2 Å². The maximum Gasteiger partial charge on any atom is 0.451 e. The van der Waals surface area contributed by atoms with Crippen molar-refractivity contribution in [2.75, 3.05) is 17.2 Å². The molecule has 1 atom stereocenters. The Morgan fingerprint density at radius 1 is 1.38 bits per heavy atom. The van der Waals surface area contributed by atoms with Crippen molar-refractivity contribution in [3.8, 4) is 0 Å². The van der Waals surface area contributed by atoms with Crippen molar-refractivity contribution in [1.82, 2.24) is 9.97 Å². The molecule has 0 saturated heterocycles. The molecule has 0 fully saturated rings. The van der Waals surface area contributed by atoms with Crippen LogP contribution in [0, 0.1) is 0 Å². The fourth-order valence-corrected chi connectivity index (χ4v) is 3.51. The topological polar surface area (TPSA) is 55.0 Å². The molecule has 0 aromatic carbocycles. The number of nitrogens with two attached hydrogens (primary N) is 1. The van der Waals surface area contributed by atoms with E-state index in [0.29, 0.717) is 6.54 Å². The molecule has 1 unspecified atom stereocenters. The minimum atomic E-state index is -4.60. The van der Waals surface area contributed by atoms with Crippen LogP contribution in [-0.4, -0.2) is 16.5 Å². The second-order valence-electron chi connectivity index (χ2n) is 4.89. The Morgan fingerprint density at radius 3 is 2.86 bits per heavy atom. The number of hydrogen-bond donors (Lipinski definition) is 1. The van der Waals surface area contributed by atoms with Gasteiger partial charge in [-0.3, -0.25) is 0 Å². The van der Waals surface area contributed by atoms with Crippen LogP contribution in [0.15, 0.2) is 17.5 Å². The van der Waals surface area contributed by atoms with Crippen LogP contribution in [0.25, 0.3) is 0 Å². The molecule has 0 bridgehead atoms. The maximum atomic E-state index is 12.8. The van der Waals surface area contributed by atoms with E-state index in [1.165, 1.54) is 10.9 Å². The smallest absolute Gasteiger partial charge is 0.384 e. The first-order valence-corrected chi connectivity index (χ1v) is 7.29. The van der Waals surface area contributed by atoms with Crippen LogP contribution in [0.5, 0.6) is 0 Å². The molecule has 21 heavy (non-hydrogen) atoms. The summed E-state index contributed by atoms with van der Waals surface area (Å²) in [5.41, 5.74) is 6.64. The summed E-state index contributed by atoms with van der Waals surface area (Å²) in [5, 5.41) is 2.00. The van der Waals surface area contributed by atoms with Crippen LogP contribution < -0.4 is 10.6 Å². The summed E-state index contributed by atoms with van der Waals surface area (Å²) in [6.07, 6.45) is -3.81. The van der Waals surface area contributed by atoms with E-state index in [2.05, 4.69) is 9.97 Å². The Kier molecular flexibility index (Phi) is 3.27. The van der Waals surface area contributed by atoms with E-state index < -0.39 is 12.0 Å². The predicted octanol–water partition coefficient (Wildman–Crippen LogP) is 3.26. The summed E-state index contributed by atoms with van der Waals surface area (Å²) in [6, 6.07) is 3.37. The van der Waals surface area contributed by atoms with Gasteiger partial charge in [0, 0.05) is 17.5 Å². The molecule has 0 aliphatic carbocycles. The van der Waals surface area contributed by atoms with Gasteiger partial charge in [-0.05, 0) is 30.4 Å². The standard InChI is InChI=1S/C13H13F3N4S/c1-7-8-3-5-21-9(8)2-4-20(7)11-6-10(17)18-12(19-11)13(14,15)16/h3,5-7H,2,4H2,1H3,(H2,17,18,19). The summed E-state index contributed by atoms with van der Waals surface area (Å²) in [6.45, 7) is 2.57. The van der Waals surface area contributed by atoms with Gasteiger partial charge in [0.1, 0.15) is 11.6 Å². The summed E-state index contributed by atoms with van der Waals surface area (Å²) >= 11 is 1.67. The first-order chi connectivity index (χ1) is 9.86. The molecule has 2 N–H and O–H groups in total. The predicted molar refractivity (Wildman–Crippen MR) is 75.2 cm³/mol. The summed E-state index contributed by atoms with van der Waals surface area (Å²) in [5.74, 6) is -1.14. The van der Waals surface area contributed by atoms with E-state index in [4.69, 9.17) is 5.73 Å². The number of rotatable bonds is 1. The number of aromatic nitrogens is 2. The lowest BCUT2D eigenvalue weighted by molar-refractivity contribution is -0.144. The van der Waals surface area contributed by atoms with Crippen molar-refractivity contribution in [2.45, 2.75) is 25.6 Å². The highest BCUT2D eigenvalue weighted by Crippen LogP contribution is 2.36. The molecule has 0 amide bonds. The lowest BCUT2D eigenvalue weighted by atomic mass is 10.0. The van der Waals surface area contributed by atoms with Crippen molar-refractivity contribution in [2.24, 2.45) is 0 Å². The van der Waals surface area contributed by atoms with Crippen molar-refractivity contribution in [1.29, 1.82) is 0 Å². The fourth-order valence-electron chi connectivity index (χ4n) is 2.55. The lowest BCUT2D eigenvalue weighted by Crippen LogP contribution is -2.34. The highest BCUT2D eigenvalue weighted by Gasteiger charge is 2.36. The number of nitrogen functional groups attached to an aromatic ring is 1. The number of anilines is 2. The maximum absolute atomic E-state index is 12.8. The van der Waals surface area contributed by atoms with Crippen LogP contribution in [0.3, 0.4) is 0 Å². The normalized spacial score (nSPS) is 18.7. The molecular weight excluding hydrogens is 301 g/mol. The molecule has 2 aromatic rings. The second kappa shape index (κ2) is 4.87. The van der Waals surface area contributed by atoms with Gasteiger partial charge in [-0.1, -0.05) is 0 Å². The van der Waals surface area contributed by atoms with Gasteiger partial charge in [-0.2, -0.15) is 13.2 Å². The van der Waals surface area contributed by atoms with Crippen molar-refractivity contribution < 1.29 is 13.2 Å². The van der Waals surface area contributed by atoms with Gasteiger partial charge in [-0.15, -0.1) is 11.3 Å². The number of hydrogen-bond acceptors (Lipinski definition) is 5. The average Bonchev–Trinajstić information content (AvgIpc) is 2.86. The van der Waals surface area contributed by atoms with E-state index in [1.807, 2.05) is 23.3 Å². The van der Waals surface area contributed by atoms with Crippen molar-refractivity contribution >= 4 is 23.0 Å². The van der Waals surface area contributed by atoms with Crippen LogP contribution in [0.2, 0.25) is 0 Å². The molecule has 4 nitrogen and oxygen atoms in total. The number of fused-ring (bicyclic) bond motifs is 1. The van der Waals surface area contributed by atoms with Crippen LogP contribution >= 0.6 is 11.3 Å². The molecule has 3 heterocycles. The van der Waals surface area contributed by atoms with Crippen molar-refractivity contribution in [3.63, 3.8) is 0 Å². The third kappa shape index (κ3) is 2.55. The lowest BCUT2D eigenvalue weighted by Gasteiger charge is -2.34. The van der Waals surface area contributed by atoms with Crippen LogP contribution in [0.1, 0.15) is 29.2 Å². The zero-order valence-electron chi connectivity index (χ0n) is 11.2. The second-order valence-corrected chi connectivity index (χ2v) is 5.89. The highest BCUT2D eigenvalue weighted by molar-refractivity contribution is 7.10. The van der Waals surface area contributed by atoms with E-state index >= 15 is 0 Å². The molecular formula is C13H13F3N4S.